The van der Waals surface area contributed by atoms with Crippen molar-refractivity contribution in [3.63, 3.8) is 0 Å². The Kier molecular flexibility index (Phi) is 3.09. The van der Waals surface area contributed by atoms with Crippen molar-refractivity contribution in [3.8, 4) is 6.07 Å². The predicted octanol–water partition coefficient (Wildman–Crippen LogP) is 2.58. The van der Waals surface area contributed by atoms with Crippen LogP contribution in [0.25, 0.3) is 0 Å². The fourth-order valence-corrected chi connectivity index (χ4v) is 2.44. The largest absolute Gasteiger partial charge is 0.353 e. The second-order valence-electron chi connectivity index (χ2n) is 4.66. The van der Waals surface area contributed by atoms with Gasteiger partial charge in [-0.05, 0) is 37.8 Å². The monoisotopic (exact) mass is 215 g/mol. The van der Waals surface area contributed by atoms with Gasteiger partial charge in [-0.15, -0.1) is 0 Å². The highest BCUT2D eigenvalue weighted by molar-refractivity contribution is 5.54. The topological polar surface area (TPSA) is 39.9 Å². The van der Waals surface area contributed by atoms with E-state index in [1.165, 1.54) is 12.8 Å². The van der Waals surface area contributed by atoms with Gasteiger partial charge in [-0.1, -0.05) is 6.92 Å². The van der Waals surface area contributed by atoms with Crippen molar-refractivity contribution in [2.75, 3.05) is 11.4 Å². The van der Waals surface area contributed by atoms with Crippen LogP contribution in [-0.2, 0) is 0 Å². The van der Waals surface area contributed by atoms with Crippen molar-refractivity contribution in [2.45, 2.75) is 32.7 Å². The van der Waals surface area contributed by atoms with Gasteiger partial charge in [0.05, 0.1) is 5.56 Å². The lowest BCUT2D eigenvalue weighted by molar-refractivity contribution is 0.376. The molecule has 3 nitrogen and oxygen atoms in total. The van der Waals surface area contributed by atoms with Crippen molar-refractivity contribution in [2.24, 2.45) is 5.92 Å². The van der Waals surface area contributed by atoms with E-state index in [9.17, 15) is 0 Å². The third-order valence-corrected chi connectivity index (χ3v) is 3.32. The number of pyridine rings is 1. The van der Waals surface area contributed by atoms with Crippen LogP contribution < -0.4 is 4.90 Å². The van der Waals surface area contributed by atoms with Gasteiger partial charge in [-0.2, -0.15) is 5.26 Å². The molecule has 1 aromatic heterocycles. The number of rotatable bonds is 1. The van der Waals surface area contributed by atoms with E-state index in [0.29, 0.717) is 11.6 Å². The second-order valence-corrected chi connectivity index (χ2v) is 4.66. The Labute approximate surface area is 96.7 Å². The SMILES string of the molecule is CC1CCN(c2ncccc2C#N)C(C)C1. The quantitative estimate of drug-likeness (QED) is 0.723. The van der Waals surface area contributed by atoms with Crippen LogP contribution in [0.4, 0.5) is 5.82 Å². The number of hydrogen-bond acceptors (Lipinski definition) is 3. The van der Waals surface area contributed by atoms with E-state index >= 15 is 0 Å². The molecule has 3 heteroatoms. The van der Waals surface area contributed by atoms with E-state index < -0.39 is 0 Å². The molecule has 84 valence electrons. The summed E-state index contributed by atoms with van der Waals surface area (Å²) in [4.78, 5) is 6.61. The van der Waals surface area contributed by atoms with Crippen molar-refractivity contribution in [1.29, 1.82) is 5.26 Å². The minimum absolute atomic E-state index is 0.478. The van der Waals surface area contributed by atoms with Gasteiger partial charge in [0, 0.05) is 18.8 Å². The standard InChI is InChI=1S/C13H17N3/c1-10-5-7-16(11(2)8-10)13-12(9-14)4-3-6-15-13/h3-4,6,10-11H,5,7-8H2,1-2H3. The minimum Gasteiger partial charge on any atom is -0.353 e. The van der Waals surface area contributed by atoms with Gasteiger partial charge in [0.15, 0.2) is 0 Å². The van der Waals surface area contributed by atoms with Gasteiger partial charge >= 0.3 is 0 Å². The molecule has 0 saturated carbocycles. The molecule has 2 atom stereocenters. The van der Waals surface area contributed by atoms with Crippen molar-refractivity contribution >= 4 is 5.82 Å². The minimum atomic E-state index is 0.478. The van der Waals surface area contributed by atoms with Gasteiger partial charge in [0.25, 0.3) is 0 Å². The molecule has 2 rings (SSSR count). The summed E-state index contributed by atoms with van der Waals surface area (Å²) in [6.45, 7) is 5.51. The molecule has 1 aromatic rings. The molecule has 0 radical (unpaired) electrons. The number of nitriles is 1. The lowest BCUT2D eigenvalue weighted by Crippen LogP contribution is -2.41. The lowest BCUT2D eigenvalue weighted by Gasteiger charge is -2.37. The molecule has 16 heavy (non-hydrogen) atoms. The van der Waals surface area contributed by atoms with Crippen LogP contribution in [0.1, 0.15) is 32.3 Å². The Morgan fingerprint density at radius 3 is 3.00 bits per heavy atom. The highest BCUT2D eigenvalue weighted by Gasteiger charge is 2.25. The maximum atomic E-state index is 9.07. The highest BCUT2D eigenvalue weighted by atomic mass is 15.2. The van der Waals surface area contributed by atoms with Crippen molar-refractivity contribution < 1.29 is 0 Å². The summed E-state index contributed by atoms with van der Waals surface area (Å²) < 4.78 is 0. The van der Waals surface area contributed by atoms with Gasteiger partial charge in [-0.25, -0.2) is 4.98 Å². The molecule has 1 fully saturated rings. The molecular weight excluding hydrogens is 198 g/mol. The predicted molar refractivity (Wildman–Crippen MR) is 64.2 cm³/mol. The van der Waals surface area contributed by atoms with Gasteiger partial charge in [-0.3, -0.25) is 0 Å². The first kappa shape index (κ1) is 10.9. The molecule has 1 saturated heterocycles. The number of piperidine rings is 1. The van der Waals surface area contributed by atoms with Crippen LogP contribution in [0.5, 0.6) is 0 Å². The summed E-state index contributed by atoms with van der Waals surface area (Å²) in [6.07, 6.45) is 4.13. The number of aromatic nitrogens is 1. The van der Waals surface area contributed by atoms with Crippen LogP contribution in [0.3, 0.4) is 0 Å². The summed E-state index contributed by atoms with van der Waals surface area (Å²) in [6, 6.07) is 6.36. The number of hydrogen-bond donors (Lipinski definition) is 0. The first-order valence-electron chi connectivity index (χ1n) is 5.84. The molecule has 1 aliphatic rings. The Morgan fingerprint density at radius 2 is 2.31 bits per heavy atom. The van der Waals surface area contributed by atoms with Crippen LogP contribution in [0.2, 0.25) is 0 Å². The lowest BCUT2D eigenvalue weighted by atomic mass is 9.93. The van der Waals surface area contributed by atoms with Crippen molar-refractivity contribution in [1.82, 2.24) is 4.98 Å². The molecule has 2 unspecified atom stereocenters. The van der Waals surface area contributed by atoms with E-state index in [4.69, 9.17) is 5.26 Å². The van der Waals surface area contributed by atoms with E-state index in [1.54, 1.807) is 6.20 Å². The summed E-state index contributed by atoms with van der Waals surface area (Å²) in [7, 11) is 0. The zero-order valence-corrected chi connectivity index (χ0v) is 9.85. The summed E-state index contributed by atoms with van der Waals surface area (Å²) in [5.41, 5.74) is 0.684. The number of nitrogens with zero attached hydrogens (tertiary/aromatic N) is 3. The fraction of sp³-hybridized carbons (Fsp3) is 0.538. The molecule has 2 heterocycles. The van der Waals surface area contributed by atoms with Crippen LogP contribution >= 0.6 is 0 Å². The fourth-order valence-electron chi connectivity index (χ4n) is 2.44. The summed E-state index contributed by atoms with van der Waals surface area (Å²) in [5.74, 6) is 1.63. The molecule has 0 bridgehead atoms. The van der Waals surface area contributed by atoms with E-state index in [0.717, 1.165) is 18.3 Å². The Hall–Kier alpha value is -1.56. The summed E-state index contributed by atoms with van der Waals surface area (Å²) >= 11 is 0. The van der Waals surface area contributed by atoms with Crippen LogP contribution in [-0.4, -0.2) is 17.6 Å². The molecule has 1 aliphatic heterocycles. The van der Waals surface area contributed by atoms with Crippen LogP contribution in [0, 0.1) is 17.2 Å². The van der Waals surface area contributed by atoms with E-state index in [1.807, 2.05) is 12.1 Å². The Bertz CT molecular complexity index is 408. The molecule has 0 aromatic carbocycles. The van der Waals surface area contributed by atoms with E-state index in [-0.39, 0.29) is 0 Å². The maximum absolute atomic E-state index is 9.07. The van der Waals surface area contributed by atoms with Gasteiger partial charge < -0.3 is 4.90 Å². The third-order valence-electron chi connectivity index (χ3n) is 3.32. The molecule has 0 aliphatic carbocycles. The van der Waals surface area contributed by atoms with Crippen LogP contribution in [0.15, 0.2) is 18.3 Å². The molecule has 0 spiro atoms. The number of anilines is 1. The highest BCUT2D eigenvalue weighted by Crippen LogP contribution is 2.28. The molecule has 0 N–H and O–H groups in total. The zero-order chi connectivity index (χ0) is 11.5. The third kappa shape index (κ3) is 2.01. The average molecular weight is 215 g/mol. The van der Waals surface area contributed by atoms with Gasteiger partial charge in [0.2, 0.25) is 0 Å². The average Bonchev–Trinajstić information content (AvgIpc) is 2.29. The normalized spacial score (nSPS) is 25.2. The second kappa shape index (κ2) is 4.52. The Balaban J connectivity index is 2.27. The first-order chi connectivity index (χ1) is 7.72. The van der Waals surface area contributed by atoms with Gasteiger partial charge in [0.1, 0.15) is 11.9 Å². The smallest absolute Gasteiger partial charge is 0.146 e. The Morgan fingerprint density at radius 1 is 1.50 bits per heavy atom. The summed E-state index contributed by atoms with van der Waals surface area (Å²) in [5, 5.41) is 9.07. The maximum Gasteiger partial charge on any atom is 0.146 e. The first-order valence-corrected chi connectivity index (χ1v) is 5.84. The zero-order valence-electron chi connectivity index (χ0n) is 9.85. The van der Waals surface area contributed by atoms with Crippen molar-refractivity contribution in [3.05, 3.63) is 23.9 Å². The van der Waals surface area contributed by atoms with E-state index in [2.05, 4.69) is 29.8 Å². The molecular formula is C13H17N3. The molecule has 0 amide bonds.